The molecule has 1 fully saturated rings. The molecule has 2 amide bonds. The number of nitrogens with zero attached hydrogens (tertiary/aromatic N) is 1. The van der Waals surface area contributed by atoms with Gasteiger partial charge in [-0.05, 0) is 56.2 Å². The smallest absolute Gasteiger partial charge is 0.263 e. The average molecular weight is 431 g/mol. The number of carbonyl (C=O) groups excluding carboxylic acids is 2. The summed E-state index contributed by atoms with van der Waals surface area (Å²) in [5, 5.41) is 3.06. The van der Waals surface area contributed by atoms with Gasteiger partial charge in [0.2, 0.25) is 0 Å². The first-order valence-electron chi connectivity index (χ1n) is 9.10. The number of ether oxygens (including phenoxy) is 1. The number of piperidine rings is 1. The molecule has 0 spiro atoms. The van der Waals surface area contributed by atoms with Crippen LogP contribution in [0.2, 0.25) is 0 Å². The fraction of sp³-hybridized carbons (Fsp3) is 0.333. The molecular formula is C21H23BrN2O3. The minimum Gasteiger partial charge on any atom is -0.481 e. The zero-order valence-electron chi connectivity index (χ0n) is 15.2. The van der Waals surface area contributed by atoms with Crippen LogP contribution >= 0.6 is 15.9 Å². The lowest BCUT2D eigenvalue weighted by atomic mass is 10.0. The van der Waals surface area contributed by atoms with Gasteiger partial charge in [0.15, 0.2) is 6.10 Å². The Bertz CT molecular complexity index is 772. The summed E-state index contributed by atoms with van der Waals surface area (Å²) in [5.74, 6) is 0.585. The van der Waals surface area contributed by atoms with Crippen molar-refractivity contribution >= 4 is 27.7 Å². The quantitative estimate of drug-likeness (QED) is 0.787. The number of likely N-dealkylation sites (tertiary alicyclic amines) is 1. The third kappa shape index (κ3) is 5.32. The van der Waals surface area contributed by atoms with Gasteiger partial charge in [-0.3, -0.25) is 9.59 Å². The summed E-state index contributed by atoms with van der Waals surface area (Å²) in [6, 6.07) is 16.7. The van der Waals surface area contributed by atoms with E-state index >= 15 is 0 Å². The molecule has 3 rings (SSSR count). The molecule has 0 saturated carbocycles. The highest BCUT2D eigenvalue weighted by Crippen LogP contribution is 2.19. The summed E-state index contributed by atoms with van der Waals surface area (Å²) in [6.07, 6.45) is 0.951. The predicted molar refractivity (Wildman–Crippen MR) is 108 cm³/mol. The van der Waals surface area contributed by atoms with Crippen molar-refractivity contribution in [2.75, 3.05) is 13.1 Å². The van der Waals surface area contributed by atoms with Crippen molar-refractivity contribution in [2.24, 2.45) is 0 Å². The molecule has 0 radical (unpaired) electrons. The van der Waals surface area contributed by atoms with Gasteiger partial charge in [-0.25, -0.2) is 0 Å². The van der Waals surface area contributed by atoms with E-state index in [0.717, 1.165) is 17.3 Å². The monoisotopic (exact) mass is 430 g/mol. The van der Waals surface area contributed by atoms with Crippen molar-refractivity contribution in [2.45, 2.75) is 31.9 Å². The number of nitrogens with one attached hydrogen (secondary N) is 1. The maximum absolute atomic E-state index is 12.6. The molecule has 1 aliphatic heterocycles. The van der Waals surface area contributed by atoms with E-state index in [4.69, 9.17) is 4.74 Å². The van der Waals surface area contributed by atoms with Crippen molar-refractivity contribution in [3.8, 4) is 5.75 Å². The number of rotatable bonds is 5. The lowest BCUT2D eigenvalue weighted by molar-refractivity contribution is -0.139. The van der Waals surface area contributed by atoms with Crippen LogP contribution in [0.25, 0.3) is 0 Å². The van der Waals surface area contributed by atoms with Gasteiger partial charge in [0.1, 0.15) is 5.75 Å². The number of hydrogen-bond acceptors (Lipinski definition) is 3. The summed E-state index contributed by atoms with van der Waals surface area (Å²) >= 11 is 3.38. The van der Waals surface area contributed by atoms with E-state index in [9.17, 15) is 9.59 Å². The van der Waals surface area contributed by atoms with E-state index in [0.29, 0.717) is 24.4 Å². The van der Waals surface area contributed by atoms with Crippen LogP contribution in [-0.2, 0) is 4.79 Å². The van der Waals surface area contributed by atoms with Gasteiger partial charge in [0.25, 0.3) is 11.8 Å². The van der Waals surface area contributed by atoms with Gasteiger partial charge in [0, 0.05) is 29.2 Å². The first kappa shape index (κ1) is 19.4. The Morgan fingerprint density at radius 1 is 1.07 bits per heavy atom. The summed E-state index contributed by atoms with van der Waals surface area (Å²) in [5.41, 5.74) is 0.660. The van der Waals surface area contributed by atoms with E-state index in [1.54, 1.807) is 19.1 Å². The van der Waals surface area contributed by atoms with Gasteiger partial charge in [-0.1, -0.05) is 34.1 Å². The van der Waals surface area contributed by atoms with Gasteiger partial charge >= 0.3 is 0 Å². The zero-order valence-corrected chi connectivity index (χ0v) is 16.8. The van der Waals surface area contributed by atoms with Crippen LogP contribution in [0.4, 0.5) is 0 Å². The summed E-state index contributed by atoms with van der Waals surface area (Å²) < 4.78 is 6.72. The topological polar surface area (TPSA) is 58.6 Å². The second-order valence-electron chi connectivity index (χ2n) is 6.65. The minimum absolute atomic E-state index is 0.0224. The molecule has 1 aliphatic rings. The highest BCUT2D eigenvalue weighted by atomic mass is 79.9. The highest BCUT2D eigenvalue weighted by Gasteiger charge is 2.27. The normalized spacial score (nSPS) is 15.9. The van der Waals surface area contributed by atoms with E-state index in [1.807, 2.05) is 47.4 Å². The molecule has 1 saturated heterocycles. The van der Waals surface area contributed by atoms with Crippen molar-refractivity contribution in [1.29, 1.82) is 0 Å². The molecule has 0 aliphatic carbocycles. The van der Waals surface area contributed by atoms with Crippen LogP contribution in [0.15, 0.2) is 59.1 Å². The maximum atomic E-state index is 12.6. The molecule has 0 aromatic heterocycles. The summed E-state index contributed by atoms with van der Waals surface area (Å²) in [7, 11) is 0. The van der Waals surface area contributed by atoms with E-state index in [-0.39, 0.29) is 17.9 Å². The SMILES string of the molecule is C[C@H](Oc1ccc(Br)cc1)C(=O)N1CCC(NC(=O)c2ccccc2)CC1. The molecule has 2 aromatic carbocycles. The van der Waals surface area contributed by atoms with Gasteiger partial charge < -0.3 is 15.0 Å². The minimum atomic E-state index is -0.540. The van der Waals surface area contributed by atoms with E-state index < -0.39 is 6.10 Å². The lowest BCUT2D eigenvalue weighted by Crippen LogP contribution is -2.49. The third-order valence-electron chi connectivity index (χ3n) is 4.65. The van der Waals surface area contributed by atoms with Crippen LogP contribution in [-0.4, -0.2) is 41.9 Å². The summed E-state index contributed by atoms with van der Waals surface area (Å²) in [4.78, 5) is 26.7. The fourth-order valence-electron chi connectivity index (χ4n) is 3.13. The van der Waals surface area contributed by atoms with Crippen molar-refractivity contribution in [3.05, 3.63) is 64.6 Å². The Kier molecular flexibility index (Phi) is 6.50. The fourth-order valence-corrected chi connectivity index (χ4v) is 3.39. The number of amides is 2. The molecule has 27 heavy (non-hydrogen) atoms. The van der Waals surface area contributed by atoms with Crippen molar-refractivity contribution in [1.82, 2.24) is 10.2 Å². The molecule has 142 valence electrons. The van der Waals surface area contributed by atoms with Crippen LogP contribution in [0, 0.1) is 0 Å². The molecule has 5 nitrogen and oxygen atoms in total. The van der Waals surface area contributed by atoms with Gasteiger partial charge in [-0.15, -0.1) is 0 Å². The van der Waals surface area contributed by atoms with Gasteiger partial charge in [0.05, 0.1) is 0 Å². The highest BCUT2D eigenvalue weighted by molar-refractivity contribution is 9.10. The lowest BCUT2D eigenvalue weighted by Gasteiger charge is -2.33. The molecule has 6 heteroatoms. The molecule has 1 N–H and O–H groups in total. The van der Waals surface area contributed by atoms with E-state index in [1.165, 1.54) is 0 Å². The Balaban J connectivity index is 1.47. The molecule has 2 aromatic rings. The van der Waals surface area contributed by atoms with E-state index in [2.05, 4.69) is 21.2 Å². The first-order chi connectivity index (χ1) is 13.0. The molecular weight excluding hydrogens is 408 g/mol. The third-order valence-corrected chi connectivity index (χ3v) is 5.18. The zero-order chi connectivity index (χ0) is 19.2. The second kappa shape index (κ2) is 9.04. The second-order valence-corrected chi connectivity index (χ2v) is 7.57. The Morgan fingerprint density at radius 2 is 1.70 bits per heavy atom. The summed E-state index contributed by atoms with van der Waals surface area (Å²) in [6.45, 7) is 3.01. The molecule has 0 unspecified atom stereocenters. The maximum Gasteiger partial charge on any atom is 0.263 e. The number of benzene rings is 2. The van der Waals surface area contributed by atoms with Crippen LogP contribution in [0.3, 0.4) is 0 Å². The number of carbonyl (C=O) groups is 2. The average Bonchev–Trinajstić information content (AvgIpc) is 2.70. The van der Waals surface area contributed by atoms with Crippen LogP contribution in [0.5, 0.6) is 5.75 Å². The van der Waals surface area contributed by atoms with Crippen molar-refractivity contribution < 1.29 is 14.3 Å². The Labute approximate surface area is 167 Å². The van der Waals surface area contributed by atoms with Crippen LogP contribution < -0.4 is 10.1 Å². The number of hydrogen-bond donors (Lipinski definition) is 1. The first-order valence-corrected chi connectivity index (χ1v) is 9.89. The van der Waals surface area contributed by atoms with Crippen LogP contribution in [0.1, 0.15) is 30.1 Å². The van der Waals surface area contributed by atoms with Crippen molar-refractivity contribution in [3.63, 3.8) is 0 Å². The molecule has 1 heterocycles. The predicted octanol–water partition coefficient (Wildman–Crippen LogP) is 3.64. The Hall–Kier alpha value is -2.34. The Morgan fingerprint density at radius 3 is 2.33 bits per heavy atom. The molecule has 0 bridgehead atoms. The largest absolute Gasteiger partial charge is 0.481 e. The standard InChI is InChI=1S/C21H23BrN2O3/c1-15(27-19-9-7-17(22)8-10-19)21(26)24-13-11-18(12-14-24)23-20(25)16-5-3-2-4-6-16/h2-10,15,18H,11-14H2,1H3,(H,23,25)/t15-/m0/s1. The molecule has 1 atom stereocenters. The number of halogens is 1. The van der Waals surface area contributed by atoms with Gasteiger partial charge in [-0.2, -0.15) is 0 Å².